The van der Waals surface area contributed by atoms with Gasteiger partial charge in [0.2, 0.25) is 5.91 Å². The largest absolute Gasteiger partial charge is 0.472 e. The lowest BCUT2D eigenvalue weighted by Gasteiger charge is -2.25. The number of amides is 1. The van der Waals surface area contributed by atoms with Crippen molar-refractivity contribution in [3.8, 4) is 0 Å². The van der Waals surface area contributed by atoms with E-state index in [-0.39, 0.29) is 19.1 Å². The number of hydrogen-bond donors (Lipinski definition) is 3. The van der Waals surface area contributed by atoms with E-state index in [4.69, 9.17) is 9.05 Å². The number of carbonyl (C=O) groups excluding carboxylic acids is 1. The number of allylic oxidation sites excluding steroid dienone is 3. The molecule has 0 radical (unpaired) electrons. The summed E-state index contributed by atoms with van der Waals surface area (Å²) < 4.78 is 23.5. The zero-order chi connectivity index (χ0) is 37.9. The first-order valence-electron chi connectivity index (χ1n) is 21.2. The van der Waals surface area contributed by atoms with E-state index >= 15 is 0 Å². The number of aliphatic hydroxyl groups is 1. The van der Waals surface area contributed by atoms with Gasteiger partial charge in [-0.25, -0.2) is 4.57 Å². The van der Waals surface area contributed by atoms with Gasteiger partial charge in [0.25, 0.3) is 0 Å². The van der Waals surface area contributed by atoms with Gasteiger partial charge in [0.15, 0.2) is 0 Å². The number of phosphoric ester groups is 1. The van der Waals surface area contributed by atoms with E-state index in [1.54, 1.807) is 6.08 Å². The molecular weight excluding hydrogens is 659 g/mol. The normalized spacial score (nSPS) is 14.7. The quantitative estimate of drug-likeness (QED) is 0.0252. The Morgan fingerprint density at radius 1 is 0.647 bits per heavy atom. The van der Waals surface area contributed by atoms with Crippen LogP contribution in [0.1, 0.15) is 187 Å². The van der Waals surface area contributed by atoms with E-state index in [0.29, 0.717) is 17.4 Å². The van der Waals surface area contributed by atoms with E-state index in [2.05, 4.69) is 31.3 Å². The highest BCUT2D eigenvalue weighted by Crippen LogP contribution is 2.43. The van der Waals surface area contributed by atoms with Gasteiger partial charge in [-0.3, -0.25) is 13.8 Å². The summed E-state index contributed by atoms with van der Waals surface area (Å²) in [5.74, 6) is -0.188. The molecule has 8 nitrogen and oxygen atoms in total. The molecule has 1 amide bonds. The fourth-order valence-electron chi connectivity index (χ4n) is 6.00. The standard InChI is InChI=1S/C42H83N2O6P/c1-6-8-10-12-14-16-18-19-20-21-22-23-24-26-27-29-31-33-35-41(45)40(39-50-51(47,48)49-38-37-44(3,4)5)43-42(46)36-34-32-30-28-25-17-15-13-11-9-7-2/h26-27,33,35,40-41,45H,6-25,28-32,34,36-39H2,1-5H3,(H-,43,46,47,48)/p+1/b27-26+,35-33+. The van der Waals surface area contributed by atoms with Crippen molar-refractivity contribution in [2.24, 2.45) is 0 Å². The molecule has 0 aliphatic heterocycles. The third-order valence-corrected chi connectivity index (χ3v) is 10.4. The minimum Gasteiger partial charge on any atom is -0.387 e. The van der Waals surface area contributed by atoms with Crippen LogP contribution >= 0.6 is 7.82 Å². The molecule has 3 atom stereocenters. The molecule has 0 fully saturated rings. The maximum absolute atomic E-state index is 12.8. The fraction of sp³-hybridized carbons (Fsp3) is 0.881. The monoisotopic (exact) mass is 744 g/mol. The molecule has 3 unspecified atom stereocenters. The second kappa shape index (κ2) is 34.7. The fourth-order valence-corrected chi connectivity index (χ4v) is 6.73. The average molecular weight is 744 g/mol. The summed E-state index contributed by atoms with van der Waals surface area (Å²) in [5.41, 5.74) is 0. The first kappa shape index (κ1) is 50.0. The molecule has 3 N–H and O–H groups in total. The average Bonchev–Trinajstić information content (AvgIpc) is 3.07. The van der Waals surface area contributed by atoms with E-state index in [1.165, 1.54) is 128 Å². The van der Waals surface area contributed by atoms with Crippen molar-refractivity contribution >= 4 is 13.7 Å². The molecule has 0 heterocycles. The van der Waals surface area contributed by atoms with Crippen LogP contribution in [0.2, 0.25) is 0 Å². The molecule has 0 bridgehead atoms. The van der Waals surface area contributed by atoms with Crippen molar-refractivity contribution in [3.05, 3.63) is 24.3 Å². The lowest BCUT2D eigenvalue weighted by Crippen LogP contribution is -2.45. The highest BCUT2D eigenvalue weighted by Gasteiger charge is 2.27. The van der Waals surface area contributed by atoms with Crippen molar-refractivity contribution in [2.75, 3.05) is 40.9 Å². The minimum absolute atomic E-state index is 0.0580. The number of nitrogens with one attached hydrogen (secondary N) is 1. The molecule has 51 heavy (non-hydrogen) atoms. The van der Waals surface area contributed by atoms with Gasteiger partial charge < -0.3 is 19.8 Å². The van der Waals surface area contributed by atoms with Crippen LogP contribution in [0, 0.1) is 0 Å². The highest BCUT2D eigenvalue weighted by molar-refractivity contribution is 7.47. The van der Waals surface area contributed by atoms with Crippen molar-refractivity contribution in [1.82, 2.24) is 5.32 Å². The SMILES string of the molecule is CCCCCCCCCCCCCC/C=C/CC/C=C/C(O)C(COP(=O)(O)OCC[N+](C)(C)C)NC(=O)CCCCCCCCCCCCC. The first-order chi connectivity index (χ1) is 24.5. The maximum Gasteiger partial charge on any atom is 0.472 e. The van der Waals surface area contributed by atoms with Crippen LogP contribution in [-0.4, -0.2) is 73.4 Å². The van der Waals surface area contributed by atoms with Crippen molar-refractivity contribution in [3.63, 3.8) is 0 Å². The van der Waals surface area contributed by atoms with Crippen LogP contribution < -0.4 is 5.32 Å². The molecule has 0 aromatic carbocycles. The number of phosphoric acid groups is 1. The summed E-state index contributed by atoms with van der Waals surface area (Å²) >= 11 is 0. The summed E-state index contributed by atoms with van der Waals surface area (Å²) in [6.45, 7) is 4.78. The number of carbonyl (C=O) groups is 1. The van der Waals surface area contributed by atoms with E-state index in [9.17, 15) is 19.4 Å². The molecular formula is C42H84N2O6P+. The predicted octanol–water partition coefficient (Wildman–Crippen LogP) is 11.4. The lowest BCUT2D eigenvalue weighted by molar-refractivity contribution is -0.870. The Hall–Kier alpha value is -1.02. The Labute approximate surface area is 315 Å². The summed E-state index contributed by atoms with van der Waals surface area (Å²) in [6, 6.07) is -0.856. The van der Waals surface area contributed by atoms with Crippen LogP contribution in [0.3, 0.4) is 0 Å². The molecule has 0 spiro atoms. The van der Waals surface area contributed by atoms with Crippen LogP contribution in [0.15, 0.2) is 24.3 Å². The van der Waals surface area contributed by atoms with Crippen molar-refractivity contribution < 1.29 is 32.9 Å². The topological polar surface area (TPSA) is 105 Å². The number of hydrogen-bond acceptors (Lipinski definition) is 5. The number of likely N-dealkylation sites (N-methyl/N-ethyl adjacent to an activating group) is 1. The summed E-state index contributed by atoms with van der Waals surface area (Å²) in [4.78, 5) is 23.0. The summed E-state index contributed by atoms with van der Waals surface area (Å²) in [5, 5.41) is 13.8. The Bertz CT molecular complexity index is 891. The molecule has 302 valence electrons. The molecule has 0 aliphatic carbocycles. The van der Waals surface area contributed by atoms with Gasteiger partial charge >= 0.3 is 7.82 Å². The smallest absolute Gasteiger partial charge is 0.387 e. The minimum atomic E-state index is -4.34. The molecule has 0 aromatic heterocycles. The second-order valence-corrected chi connectivity index (χ2v) is 17.2. The van der Waals surface area contributed by atoms with Gasteiger partial charge in [-0.15, -0.1) is 0 Å². The third-order valence-electron chi connectivity index (χ3n) is 9.42. The van der Waals surface area contributed by atoms with E-state index in [1.807, 2.05) is 27.2 Å². The van der Waals surface area contributed by atoms with Gasteiger partial charge in [-0.05, 0) is 32.1 Å². The molecule has 9 heteroatoms. The third kappa shape index (κ3) is 37.1. The first-order valence-corrected chi connectivity index (χ1v) is 22.7. The Balaban J connectivity index is 4.48. The van der Waals surface area contributed by atoms with Crippen molar-refractivity contribution in [1.29, 1.82) is 0 Å². The van der Waals surface area contributed by atoms with Crippen LogP contribution in [0.5, 0.6) is 0 Å². The number of unbranched alkanes of at least 4 members (excludes halogenated alkanes) is 23. The number of nitrogens with zero attached hydrogens (tertiary/aromatic N) is 1. The number of aliphatic hydroxyl groups excluding tert-OH is 1. The van der Waals surface area contributed by atoms with Gasteiger partial charge in [-0.2, -0.15) is 0 Å². The van der Waals surface area contributed by atoms with Crippen LogP contribution in [-0.2, 0) is 18.4 Å². The predicted molar refractivity (Wildman–Crippen MR) is 217 cm³/mol. The molecule has 0 rings (SSSR count). The molecule has 0 saturated carbocycles. The second-order valence-electron chi connectivity index (χ2n) is 15.7. The number of rotatable bonds is 38. The van der Waals surface area contributed by atoms with Gasteiger partial charge in [0.1, 0.15) is 13.2 Å². The number of quaternary nitrogens is 1. The Morgan fingerprint density at radius 3 is 1.57 bits per heavy atom. The zero-order valence-corrected chi connectivity index (χ0v) is 35.0. The van der Waals surface area contributed by atoms with Gasteiger partial charge in [0, 0.05) is 6.42 Å². The summed E-state index contributed by atoms with van der Waals surface area (Å²) in [7, 11) is 1.56. The maximum atomic E-state index is 12.8. The van der Waals surface area contributed by atoms with Crippen LogP contribution in [0.25, 0.3) is 0 Å². The summed E-state index contributed by atoms with van der Waals surface area (Å²) in [6.07, 6.45) is 39.6. The zero-order valence-electron chi connectivity index (χ0n) is 34.1. The Morgan fingerprint density at radius 2 is 1.08 bits per heavy atom. The highest BCUT2D eigenvalue weighted by atomic mass is 31.2. The molecule has 0 aromatic rings. The van der Waals surface area contributed by atoms with Gasteiger partial charge in [-0.1, -0.05) is 173 Å². The van der Waals surface area contributed by atoms with Crippen molar-refractivity contribution in [2.45, 2.75) is 199 Å². The lowest BCUT2D eigenvalue weighted by atomic mass is 10.0. The van der Waals surface area contributed by atoms with Gasteiger partial charge in [0.05, 0.1) is 39.9 Å². The van der Waals surface area contributed by atoms with E-state index in [0.717, 1.165) is 38.5 Å². The van der Waals surface area contributed by atoms with Crippen LogP contribution in [0.4, 0.5) is 0 Å². The molecule has 0 saturated heterocycles. The van der Waals surface area contributed by atoms with E-state index < -0.39 is 20.0 Å². The Kier molecular flexibility index (Phi) is 34.0. The molecule has 0 aliphatic rings.